The average Bonchev–Trinajstić information content (AvgIpc) is 2.37. The van der Waals surface area contributed by atoms with Gasteiger partial charge >= 0.3 is 5.97 Å². The third kappa shape index (κ3) is 4.85. The Labute approximate surface area is 108 Å². The van der Waals surface area contributed by atoms with Crippen molar-refractivity contribution in [2.24, 2.45) is 0 Å². The molecule has 0 amide bonds. The molecule has 2 N–H and O–H groups in total. The van der Waals surface area contributed by atoms with Gasteiger partial charge in [0.2, 0.25) is 0 Å². The van der Waals surface area contributed by atoms with Crippen LogP contribution in [0.2, 0.25) is 0 Å². The molecule has 1 rings (SSSR count). The van der Waals surface area contributed by atoms with Gasteiger partial charge in [0.25, 0.3) is 0 Å². The van der Waals surface area contributed by atoms with E-state index in [0.717, 1.165) is 5.56 Å². The van der Waals surface area contributed by atoms with Crippen molar-refractivity contribution in [2.75, 3.05) is 19.8 Å². The van der Waals surface area contributed by atoms with Crippen LogP contribution in [0.4, 0.5) is 0 Å². The van der Waals surface area contributed by atoms with E-state index in [1.165, 1.54) is 0 Å². The van der Waals surface area contributed by atoms with E-state index in [0.29, 0.717) is 19.8 Å². The number of rotatable bonds is 8. The number of hydrogen-bond donors (Lipinski definition) is 2. The van der Waals surface area contributed by atoms with Gasteiger partial charge < -0.3 is 15.2 Å². The van der Waals surface area contributed by atoms with E-state index in [4.69, 9.17) is 4.74 Å². The molecule has 100 valence electrons. The number of carbonyl (C=O) groups is 1. The monoisotopic (exact) mass is 251 g/mol. The zero-order valence-corrected chi connectivity index (χ0v) is 10.9. The van der Waals surface area contributed by atoms with Crippen LogP contribution in [0.3, 0.4) is 0 Å². The van der Waals surface area contributed by atoms with E-state index in [1.807, 2.05) is 44.2 Å². The summed E-state index contributed by atoms with van der Waals surface area (Å²) in [4.78, 5) is 11.3. The Kier molecular flexibility index (Phi) is 6.39. The second kappa shape index (κ2) is 7.84. The topological polar surface area (TPSA) is 58.6 Å². The molecule has 4 nitrogen and oxygen atoms in total. The summed E-state index contributed by atoms with van der Waals surface area (Å²) < 4.78 is 5.28. The van der Waals surface area contributed by atoms with Crippen LogP contribution in [0, 0.1) is 0 Å². The van der Waals surface area contributed by atoms with Crippen LogP contribution < -0.4 is 5.32 Å². The fourth-order valence-electron chi connectivity index (χ4n) is 1.71. The molecule has 0 aliphatic heterocycles. The summed E-state index contributed by atoms with van der Waals surface area (Å²) in [6, 6.07) is 9.43. The summed E-state index contributed by atoms with van der Waals surface area (Å²) in [7, 11) is 0. The second-order valence-electron chi connectivity index (χ2n) is 4.27. The van der Waals surface area contributed by atoms with Gasteiger partial charge in [0, 0.05) is 19.2 Å². The lowest BCUT2D eigenvalue weighted by atomic mass is 9.99. The first kappa shape index (κ1) is 14.7. The predicted octanol–water partition coefficient (Wildman–Crippen LogP) is 1.87. The Morgan fingerprint density at radius 3 is 2.61 bits per heavy atom. The summed E-state index contributed by atoms with van der Waals surface area (Å²) in [6.07, 6.45) is 0. The van der Waals surface area contributed by atoms with Crippen molar-refractivity contribution in [3.05, 3.63) is 35.9 Å². The minimum absolute atomic E-state index is 0.149. The highest BCUT2D eigenvalue weighted by Gasteiger charge is 2.19. The molecule has 2 unspecified atom stereocenters. The second-order valence-corrected chi connectivity index (χ2v) is 4.27. The van der Waals surface area contributed by atoms with E-state index in [1.54, 1.807) is 0 Å². The minimum Gasteiger partial charge on any atom is -0.481 e. The van der Waals surface area contributed by atoms with Gasteiger partial charge in [0.15, 0.2) is 0 Å². The molecule has 0 saturated carbocycles. The number of hydrogen-bond acceptors (Lipinski definition) is 3. The van der Waals surface area contributed by atoms with Gasteiger partial charge in [-0.2, -0.15) is 0 Å². The molecule has 0 aliphatic carbocycles. The summed E-state index contributed by atoms with van der Waals surface area (Å²) >= 11 is 0. The van der Waals surface area contributed by atoms with Crippen LogP contribution in [0.1, 0.15) is 25.3 Å². The lowest BCUT2D eigenvalue weighted by Gasteiger charge is -2.18. The SMILES string of the molecule is CCOCC(C)NCC(C(=O)O)c1ccccc1. The van der Waals surface area contributed by atoms with Crippen LogP contribution in [0.15, 0.2) is 30.3 Å². The highest BCUT2D eigenvalue weighted by atomic mass is 16.5. The molecular formula is C14H21NO3. The average molecular weight is 251 g/mol. The lowest BCUT2D eigenvalue weighted by molar-refractivity contribution is -0.138. The Hall–Kier alpha value is -1.39. The maximum atomic E-state index is 11.3. The fourth-order valence-corrected chi connectivity index (χ4v) is 1.71. The molecule has 0 fully saturated rings. The van der Waals surface area contributed by atoms with Gasteiger partial charge in [-0.25, -0.2) is 0 Å². The smallest absolute Gasteiger partial charge is 0.312 e. The number of aliphatic carboxylic acids is 1. The highest BCUT2D eigenvalue weighted by Crippen LogP contribution is 2.14. The van der Waals surface area contributed by atoms with Crippen LogP contribution >= 0.6 is 0 Å². The molecule has 0 aromatic heterocycles. The number of ether oxygens (including phenoxy) is 1. The van der Waals surface area contributed by atoms with Crippen LogP contribution in [0.25, 0.3) is 0 Å². The number of benzene rings is 1. The molecule has 0 spiro atoms. The van der Waals surface area contributed by atoms with Crippen molar-refractivity contribution in [1.29, 1.82) is 0 Å². The van der Waals surface area contributed by atoms with Gasteiger partial charge in [-0.3, -0.25) is 4.79 Å². The predicted molar refractivity (Wildman–Crippen MR) is 70.8 cm³/mol. The molecular weight excluding hydrogens is 230 g/mol. The Bertz CT molecular complexity index is 353. The van der Waals surface area contributed by atoms with Crippen molar-refractivity contribution in [3.63, 3.8) is 0 Å². The number of carboxylic acid groups (broad SMARTS) is 1. The van der Waals surface area contributed by atoms with Crippen LogP contribution in [-0.2, 0) is 9.53 Å². The normalized spacial score (nSPS) is 14.1. The van der Waals surface area contributed by atoms with Crippen LogP contribution in [0.5, 0.6) is 0 Å². The molecule has 1 aromatic rings. The van der Waals surface area contributed by atoms with Crippen molar-refractivity contribution in [1.82, 2.24) is 5.32 Å². The molecule has 2 atom stereocenters. The molecule has 0 radical (unpaired) electrons. The first-order valence-corrected chi connectivity index (χ1v) is 6.24. The zero-order valence-electron chi connectivity index (χ0n) is 10.9. The molecule has 18 heavy (non-hydrogen) atoms. The maximum Gasteiger partial charge on any atom is 0.312 e. The fraction of sp³-hybridized carbons (Fsp3) is 0.500. The van der Waals surface area contributed by atoms with Crippen LogP contribution in [-0.4, -0.2) is 36.9 Å². The summed E-state index contributed by atoms with van der Waals surface area (Å²) in [5.74, 6) is -1.33. The number of nitrogens with one attached hydrogen (secondary N) is 1. The lowest BCUT2D eigenvalue weighted by Crippen LogP contribution is -2.36. The molecule has 0 aliphatic rings. The number of carboxylic acids is 1. The molecule has 0 bridgehead atoms. The van der Waals surface area contributed by atoms with E-state index < -0.39 is 11.9 Å². The maximum absolute atomic E-state index is 11.3. The largest absolute Gasteiger partial charge is 0.481 e. The standard InChI is InChI=1S/C14H21NO3/c1-3-18-10-11(2)15-9-13(14(16)17)12-7-5-4-6-8-12/h4-8,11,13,15H,3,9-10H2,1-2H3,(H,16,17). The summed E-state index contributed by atoms with van der Waals surface area (Å²) in [6.45, 7) is 5.61. The Balaban J connectivity index is 2.52. The summed E-state index contributed by atoms with van der Waals surface area (Å²) in [5.41, 5.74) is 0.820. The van der Waals surface area contributed by atoms with Gasteiger partial charge in [-0.05, 0) is 19.4 Å². The third-order valence-electron chi connectivity index (χ3n) is 2.74. The molecule has 0 saturated heterocycles. The van der Waals surface area contributed by atoms with Crippen molar-refractivity contribution < 1.29 is 14.6 Å². The third-order valence-corrected chi connectivity index (χ3v) is 2.74. The van der Waals surface area contributed by atoms with E-state index in [2.05, 4.69) is 5.32 Å². The zero-order chi connectivity index (χ0) is 13.4. The van der Waals surface area contributed by atoms with Crippen molar-refractivity contribution in [2.45, 2.75) is 25.8 Å². The molecule has 4 heteroatoms. The summed E-state index contributed by atoms with van der Waals surface area (Å²) in [5, 5.41) is 12.4. The van der Waals surface area contributed by atoms with Gasteiger partial charge in [0.1, 0.15) is 0 Å². The van der Waals surface area contributed by atoms with Crippen molar-refractivity contribution in [3.8, 4) is 0 Å². The highest BCUT2D eigenvalue weighted by molar-refractivity contribution is 5.76. The molecule has 0 heterocycles. The first-order valence-electron chi connectivity index (χ1n) is 6.24. The minimum atomic E-state index is -0.808. The van der Waals surface area contributed by atoms with E-state index in [-0.39, 0.29) is 6.04 Å². The molecule has 1 aromatic carbocycles. The first-order chi connectivity index (χ1) is 8.65. The Morgan fingerprint density at radius 1 is 1.39 bits per heavy atom. The quantitative estimate of drug-likeness (QED) is 0.740. The van der Waals surface area contributed by atoms with Crippen molar-refractivity contribution >= 4 is 5.97 Å². The van der Waals surface area contributed by atoms with E-state index >= 15 is 0 Å². The van der Waals surface area contributed by atoms with Gasteiger partial charge in [-0.15, -0.1) is 0 Å². The van der Waals surface area contributed by atoms with Gasteiger partial charge in [-0.1, -0.05) is 30.3 Å². The van der Waals surface area contributed by atoms with Gasteiger partial charge in [0.05, 0.1) is 12.5 Å². The van der Waals surface area contributed by atoms with E-state index in [9.17, 15) is 9.90 Å². The Morgan fingerprint density at radius 2 is 2.06 bits per heavy atom.